The van der Waals surface area contributed by atoms with Gasteiger partial charge in [-0.1, -0.05) is 19.9 Å². The number of hydrogen-bond donors (Lipinski definition) is 2. The number of hydrogen-bond acceptors (Lipinski definition) is 5. The number of halogens is 3. The van der Waals surface area contributed by atoms with Gasteiger partial charge < -0.3 is 4.74 Å². The first-order chi connectivity index (χ1) is 14.5. The first-order valence-electron chi connectivity index (χ1n) is 9.04. The van der Waals surface area contributed by atoms with Crippen molar-refractivity contribution in [2.75, 3.05) is 13.1 Å². The van der Waals surface area contributed by atoms with Crippen molar-refractivity contribution in [2.24, 2.45) is 0 Å². The number of carbonyl (C=O) groups excluding carboxylic acids is 2. The van der Waals surface area contributed by atoms with Crippen molar-refractivity contribution in [1.29, 1.82) is 0 Å². The van der Waals surface area contributed by atoms with E-state index in [1.54, 1.807) is 13.8 Å². The predicted octanol–water partition coefficient (Wildman–Crippen LogP) is 2.69. The zero-order chi connectivity index (χ0) is 23.2. The molecule has 0 bridgehead atoms. The summed E-state index contributed by atoms with van der Waals surface area (Å²) in [5.74, 6) is -2.07. The summed E-state index contributed by atoms with van der Waals surface area (Å²) in [6, 6.07) is 9.36. The van der Waals surface area contributed by atoms with Crippen LogP contribution in [0.3, 0.4) is 0 Å². The molecule has 0 fully saturated rings. The van der Waals surface area contributed by atoms with Gasteiger partial charge in [0, 0.05) is 24.2 Å². The van der Waals surface area contributed by atoms with Gasteiger partial charge in [-0.3, -0.25) is 20.4 Å². The van der Waals surface area contributed by atoms with E-state index in [-0.39, 0.29) is 29.1 Å². The lowest BCUT2D eigenvalue weighted by atomic mass is 10.2. The van der Waals surface area contributed by atoms with Crippen LogP contribution in [-0.2, 0) is 10.0 Å². The highest BCUT2D eigenvalue weighted by Gasteiger charge is 2.31. The van der Waals surface area contributed by atoms with Crippen LogP contribution in [-0.4, -0.2) is 44.0 Å². The number of benzene rings is 2. The van der Waals surface area contributed by atoms with Gasteiger partial charge >= 0.3 is 6.36 Å². The average Bonchev–Trinajstić information content (AvgIpc) is 2.72. The van der Waals surface area contributed by atoms with Crippen LogP contribution < -0.4 is 15.6 Å². The topological polar surface area (TPSA) is 105 Å². The Hall–Kier alpha value is -3.12. The number of hydrazine groups is 1. The van der Waals surface area contributed by atoms with E-state index in [4.69, 9.17) is 0 Å². The fourth-order valence-corrected chi connectivity index (χ4v) is 4.08. The number of nitrogens with one attached hydrogen (secondary N) is 2. The molecule has 0 aromatic heterocycles. The van der Waals surface area contributed by atoms with E-state index >= 15 is 0 Å². The number of rotatable bonds is 7. The van der Waals surface area contributed by atoms with Gasteiger partial charge in [-0.2, -0.15) is 4.31 Å². The summed E-state index contributed by atoms with van der Waals surface area (Å²) < 4.78 is 66.6. The second-order valence-corrected chi connectivity index (χ2v) is 8.04. The fourth-order valence-electron chi connectivity index (χ4n) is 2.58. The van der Waals surface area contributed by atoms with E-state index < -0.39 is 33.9 Å². The molecule has 2 N–H and O–H groups in total. The third kappa shape index (κ3) is 6.43. The molecule has 0 spiro atoms. The molecule has 0 saturated heterocycles. The fraction of sp³-hybridized carbons (Fsp3) is 0.263. The van der Waals surface area contributed by atoms with Crippen LogP contribution in [0, 0.1) is 0 Å². The number of amides is 2. The van der Waals surface area contributed by atoms with E-state index in [0.29, 0.717) is 0 Å². The summed E-state index contributed by atoms with van der Waals surface area (Å²) >= 11 is 0. The van der Waals surface area contributed by atoms with Crippen molar-refractivity contribution >= 4 is 21.8 Å². The van der Waals surface area contributed by atoms with Crippen LogP contribution in [0.5, 0.6) is 5.75 Å². The van der Waals surface area contributed by atoms with Crippen LogP contribution in [0.25, 0.3) is 0 Å². The summed E-state index contributed by atoms with van der Waals surface area (Å²) in [4.78, 5) is 24.3. The Morgan fingerprint density at radius 1 is 0.935 bits per heavy atom. The maximum Gasteiger partial charge on any atom is 0.573 e. The zero-order valence-electron chi connectivity index (χ0n) is 16.6. The lowest BCUT2D eigenvalue weighted by Crippen LogP contribution is -2.41. The number of nitrogens with zero attached hydrogens (tertiary/aromatic N) is 1. The minimum atomic E-state index is -4.86. The average molecular weight is 459 g/mol. The van der Waals surface area contributed by atoms with E-state index in [0.717, 1.165) is 24.3 Å². The van der Waals surface area contributed by atoms with Gasteiger partial charge in [-0.15, -0.1) is 13.2 Å². The molecule has 0 saturated carbocycles. The molecule has 2 aromatic rings. The van der Waals surface area contributed by atoms with Gasteiger partial charge in [-0.25, -0.2) is 8.42 Å². The van der Waals surface area contributed by atoms with Crippen LogP contribution in [0.4, 0.5) is 13.2 Å². The molecule has 0 heterocycles. The predicted molar refractivity (Wildman–Crippen MR) is 105 cm³/mol. The van der Waals surface area contributed by atoms with Crippen LogP contribution >= 0.6 is 0 Å². The minimum absolute atomic E-state index is 0.0116. The summed E-state index contributed by atoms with van der Waals surface area (Å²) in [7, 11) is -3.77. The van der Waals surface area contributed by atoms with E-state index in [9.17, 15) is 31.2 Å². The molecule has 0 aliphatic rings. The largest absolute Gasteiger partial charge is 0.573 e. The van der Waals surface area contributed by atoms with Crippen LogP contribution in [0.15, 0.2) is 53.4 Å². The van der Waals surface area contributed by atoms with Crippen molar-refractivity contribution < 1.29 is 35.9 Å². The van der Waals surface area contributed by atoms with Crippen molar-refractivity contribution in [1.82, 2.24) is 15.2 Å². The monoisotopic (exact) mass is 459 g/mol. The highest BCUT2D eigenvalue weighted by Crippen LogP contribution is 2.22. The summed E-state index contributed by atoms with van der Waals surface area (Å²) in [6.45, 7) is 3.90. The Balaban J connectivity index is 2.05. The molecule has 8 nitrogen and oxygen atoms in total. The number of ether oxygens (including phenoxy) is 1. The van der Waals surface area contributed by atoms with Gasteiger partial charge in [0.1, 0.15) is 5.75 Å². The first kappa shape index (κ1) is 24.2. The van der Waals surface area contributed by atoms with E-state index in [2.05, 4.69) is 15.6 Å². The van der Waals surface area contributed by atoms with E-state index in [1.807, 2.05) is 0 Å². The summed E-state index contributed by atoms with van der Waals surface area (Å²) in [6.07, 6.45) is -4.86. The molecule has 0 radical (unpaired) electrons. The molecule has 168 valence electrons. The molecule has 31 heavy (non-hydrogen) atoms. The highest BCUT2D eigenvalue weighted by atomic mass is 32.2. The van der Waals surface area contributed by atoms with Crippen molar-refractivity contribution in [3.63, 3.8) is 0 Å². The number of carbonyl (C=O) groups is 2. The Morgan fingerprint density at radius 2 is 1.48 bits per heavy atom. The van der Waals surface area contributed by atoms with Crippen molar-refractivity contribution in [3.8, 4) is 5.75 Å². The van der Waals surface area contributed by atoms with Crippen molar-refractivity contribution in [2.45, 2.75) is 25.1 Å². The Bertz CT molecular complexity index is 1040. The van der Waals surface area contributed by atoms with Gasteiger partial charge in [0.05, 0.1) is 4.90 Å². The van der Waals surface area contributed by atoms with Gasteiger partial charge in [-0.05, 0) is 42.5 Å². The third-order valence-corrected chi connectivity index (χ3v) is 6.12. The van der Waals surface area contributed by atoms with Gasteiger partial charge in [0.2, 0.25) is 10.0 Å². The lowest BCUT2D eigenvalue weighted by molar-refractivity contribution is -0.274. The number of alkyl halides is 3. The second-order valence-electron chi connectivity index (χ2n) is 6.10. The van der Waals surface area contributed by atoms with Gasteiger partial charge in [0.15, 0.2) is 0 Å². The molecule has 0 aliphatic heterocycles. The summed E-state index contributed by atoms with van der Waals surface area (Å²) in [5, 5.41) is 0. The molecule has 0 atom stereocenters. The third-order valence-electron chi connectivity index (χ3n) is 4.08. The zero-order valence-corrected chi connectivity index (χ0v) is 17.4. The molecular formula is C19H20F3N3O5S. The maximum absolute atomic E-state index is 12.6. The summed E-state index contributed by atoms with van der Waals surface area (Å²) in [5.41, 5.74) is 4.19. The first-order valence-corrected chi connectivity index (χ1v) is 10.5. The minimum Gasteiger partial charge on any atom is -0.406 e. The van der Waals surface area contributed by atoms with Crippen LogP contribution in [0.2, 0.25) is 0 Å². The Labute approximate surface area is 177 Å². The molecular weight excluding hydrogens is 439 g/mol. The maximum atomic E-state index is 12.6. The highest BCUT2D eigenvalue weighted by molar-refractivity contribution is 7.89. The van der Waals surface area contributed by atoms with Gasteiger partial charge in [0.25, 0.3) is 11.8 Å². The smallest absolute Gasteiger partial charge is 0.406 e. The Morgan fingerprint density at radius 3 is 2.00 bits per heavy atom. The Kier molecular flexibility index (Phi) is 7.63. The second kappa shape index (κ2) is 9.79. The molecule has 0 aliphatic carbocycles. The van der Waals surface area contributed by atoms with E-state index in [1.165, 1.54) is 28.6 Å². The standard InChI is InChI=1S/C19H20F3N3O5S/c1-3-25(4-2)31(28,29)16-7-5-6-14(12-16)18(27)24-23-17(26)13-8-10-15(11-9-13)30-19(20,21)22/h5-12H,3-4H2,1-2H3,(H,23,26)(H,24,27). The normalized spacial score (nSPS) is 11.8. The van der Waals surface area contributed by atoms with Crippen LogP contribution in [0.1, 0.15) is 34.6 Å². The molecule has 2 amide bonds. The number of sulfonamides is 1. The van der Waals surface area contributed by atoms with Crippen molar-refractivity contribution in [3.05, 3.63) is 59.7 Å². The molecule has 2 aromatic carbocycles. The quantitative estimate of drug-likeness (QED) is 0.620. The molecule has 12 heteroatoms. The lowest BCUT2D eigenvalue weighted by Gasteiger charge is -2.18. The SMILES string of the molecule is CCN(CC)S(=O)(=O)c1cccc(C(=O)NNC(=O)c2ccc(OC(F)(F)F)cc2)c1. The molecule has 0 unspecified atom stereocenters. The molecule has 2 rings (SSSR count).